The van der Waals surface area contributed by atoms with Crippen LogP contribution < -0.4 is 0 Å². The highest BCUT2D eigenvalue weighted by Gasteiger charge is 2.43. The number of aromatic nitrogens is 2. The Morgan fingerprint density at radius 1 is 1.00 bits per heavy atom. The van der Waals surface area contributed by atoms with E-state index >= 15 is 0 Å². The number of carbonyl (C=O) groups is 1. The predicted octanol–water partition coefficient (Wildman–Crippen LogP) is 5.65. The molecule has 0 spiro atoms. The first kappa shape index (κ1) is 33.5. The van der Waals surface area contributed by atoms with Crippen molar-refractivity contribution < 1.29 is 13.2 Å². The molecule has 3 aliphatic rings. The SMILES string of the molecule is Cc1ncnc(C)c1C(=O)N1CCC(C)(N2CCN([C@@H](c3cccs3)C3CCN(S(=O)(=O)c4cccc(Cl)c4)CC3)[C@@H](C)C2)CC1. The number of thiophene rings is 1. The van der Waals surface area contributed by atoms with Crippen LogP contribution in [0.25, 0.3) is 0 Å². The van der Waals surface area contributed by atoms with E-state index in [2.05, 4.69) is 51.1 Å². The highest BCUT2D eigenvalue weighted by molar-refractivity contribution is 7.89. The van der Waals surface area contributed by atoms with Gasteiger partial charge in [0.25, 0.3) is 5.91 Å². The number of halogens is 1. The van der Waals surface area contributed by atoms with Crippen LogP contribution >= 0.6 is 22.9 Å². The molecular formula is C34H45ClN6O3S2. The van der Waals surface area contributed by atoms with Crippen molar-refractivity contribution >= 4 is 38.9 Å². The molecule has 248 valence electrons. The van der Waals surface area contributed by atoms with Gasteiger partial charge in [-0.3, -0.25) is 14.6 Å². The molecule has 2 aromatic heterocycles. The molecule has 1 amide bonds. The third kappa shape index (κ3) is 6.64. The molecule has 3 aliphatic heterocycles. The van der Waals surface area contributed by atoms with E-state index in [0.717, 1.165) is 69.8 Å². The number of hydrogen-bond donors (Lipinski definition) is 0. The smallest absolute Gasteiger partial charge is 0.257 e. The van der Waals surface area contributed by atoms with Crippen LogP contribution in [0.5, 0.6) is 0 Å². The van der Waals surface area contributed by atoms with Crippen molar-refractivity contribution in [3.63, 3.8) is 0 Å². The number of likely N-dealkylation sites (tertiary alicyclic amines) is 1. The number of carbonyl (C=O) groups excluding carboxylic acids is 1. The zero-order valence-electron chi connectivity index (χ0n) is 27.2. The van der Waals surface area contributed by atoms with Gasteiger partial charge in [0.2, 0.25) is 10.0 Å². The Morgan fingerprint density at radius 2 is 1.70 bits per heavy atom. The van der Waals surface area contributed by atoms with Gasteiger partial charge in [0, 0.05) is 73.3 Å². The molecule has 12 heteroatoms. The van der Waals surface area contributed by atoms with Crippen molar-refractivity contribution in [3.05, 3.63) is 75.0 Å². The number of rotatable bonds is 7. The van der Waals surface area contributed by atoms with Crippen molar-refractivity contribution in [1.29, 1.82) is 0 Å². The van der Waals surface area contributed by atoms with E-state index in [1.165, 1.54) is 11.2 Å². The number of amides is 1. The second-order valence-corrected chi connectivity index (χ2v) is 16.8. The molecule has 0 radical (unpaired) electrons. The zero-order chi connectivity index (χ0) is 32.6. The van der Waals surface area contributed by atoms with E-state index in [1.54, 1.807) is 28.6 Å². The van der Waals surface area contributed by atoms with E-state index in [-0.39, 0.29) is 22.4 Å². The van der Waals surface area contributed by atoms with E-state index in [1.807, 2.05) is 30.1 Å². The molecule has 0 aliphatic carbocycles. The number of nitrogens with zero attached hydrogens (tertiary/aromatic N) is 6. The molecule has 0 unspecified atom stereocenters. The number of sulfonamides is 1. The Kier molecular flexibility index (Phi) is 9.90. The lowest BCUT2D eigenvalue weighted by atomic mass is 9.84. The molecule has 3 aromatic rings. The van der Waals surface area contributed by atoms with Crippen LogP contribution in [0.3, 0.4) is 0 Å². The van der Waals surface area contributed by atoms with Crippen molar-refractivity contribution in [2.24, 2.45) is 5.92 Å². The molecule has 0 saturated carbocycles. The summed E-state index contributed by atoms with van der Waals surface area (Å²) < 4.78 is 28.4. The molecule has 3 fully saturated rings. The highest BCUT2D eigenvalue weighted by atomic mass is 35.5. The maximum atomic E-state index is 13.4. The number of benzene rings is 1. The average molecular weight is 685 g/mol. The lowest BCUT2D eigenvalue weighted by Crippen LogP contribution is -2.62. The summed E-state index contributed by atoms with van der Waals surface area (Å²) in [5.74, 6) is 0.415. The molecule has 46 heavy (non-hydrogen) atoms. The van der Waals surface area contributed by atoms with Crippen molar-refractivity contribution in [2.75, 3.05) is 45.8 Å². The van der Waals surface area contributed by atoms with Crippen molar-refractivity contribution in [1.82, 2.24) is 29.0 Å². The number of hydrogen-bond acceptors (Lipinski definition) is 8. The Morgan fingerprint density at radius 3 is 2.30 bits per heavy atom. The summed E-state index contributed by atoms with van der Waals surface area (Å²) >= 11 is 7.93. The largest absolute Gasteiger partial charge is 0.338 e. The van der Waals surface area contributed by atoms with E-state index < -0.39 is 10.0 Å². The molecule has 0 N–H and O–H groups in total. The zero-order valence-corrected chi connectivity index (χ0v) is 29.6. The Bertz CT molecular complexity index is 1620. The molecule has 1 aromatic carbocycles. The Balaban J connectivity index is 1.10. The minimum absolute atomic E-state index is 0.0346. The molecule has 6 rings (SSSR count). The number of piperidine rings is 2. The van der Waals surface area contributed by atoms with Crippen LogP contribution in [0.15, 0.2) is 53.0 Å². The van der Waals surface area contributed by atoms with Gasteiger partial charge in [0.1, 0.15) is 6.33 Å². The van der Waals surface area contributed by atoms with Gasteiger partial charge in [-0.15, -0.1) is 11.3 Å². The van der Waals surface area contributed by atoms with Crippen molar-refractivity contribution in [3.8, 4) is 0 Å². The maximum Gasteiger partial charge on any atom is 0.257 e. The van der Waals surface area contributed by atoms with Crippen LogP contribution in [-0.4, -0.2) is 101 Å². The quantitative estimate of drug-likeness (QED) is 0.318. The molecule has 5 heterocycles. The van der Waals surface area contributed by atoms with E-state index in [0.29, 0.717) is 35.6 Å². The van der Waals surface area contributed by atoms with Gasteiger partial charge in [-0.25, -0.2) is 18.4 Å². The summed E-state index contributed by atoms with van der Waals surface area (Å²) in [7, 11) is -3.58. The first-order valence-electron chi connectivity index (χ1n) is 16.4. The molecular weight excluding hydrogens is 640 g/mol. The van der Waals surface area contributed by atoms with Gasteiger partial charge in [-0.2, -0.15) is 4.31 Å². The fraction of sp³-hybridized carbons (Fsp3) is 0.559. The lowest BCUT2D eigenvalue weighted by molar-refractivity contribution is -0.0415. The third-order valence-electron chi connectivity index (χ3n) is 10.6. The summed E-state index contributed by atoms with van der Waals surface area (Å²) in [6.07, 6.45) is 5.04. The van der Waals surface area contributed by atoms with Crippen LogP contribution in [0.1, 0.15) is 72.2 Å². The minimum Gasteiger partial charge on any atom is -0.338 e. The van der Waals surface area contributed by atoms with Crippen molar-refractivity contribution in [2.45, 2.75) is 75.9 Å². The topological polar surface area (TPSA) is 90.0 Å². The summed E-state index contributed by atoms with van der Waals surface area (Å²) in [6, 6.07) is 11.6. The van der Waals surface area contributed by atoms with Gasteiger partial charge in [-0.05, 0) is 88.9 Å². The molecule has 0 bridgehead atoms. The molecule has 3 saturated heterocycles. The normalized spacial score (nSPS) is 23.0. The van der Waals surface area contributed by atoms with Gasteiger partial charge < -0.3 is 4.90 Å². The van der Waals surface area contributed by atoms with Crippen LogP contribution in [-0.2, 0) is 10.0 Å². The first-order valence-corrected chi connectivity index (χ1v) is 19.0. The standard InChI is InChI=1S/C34H45ClN6O3S2/c1-24-22-39(34(4)12-16-38(17-13-34)33(42)31-25(2)36-23-37-26(31)3)18-19-41(24)32(30-9-6-20-45-30)27-10-14-40(15-11-27)46(43,44)29-8-5-7-28(35)21-29/h5-9,20-21,23-24,27,32H,10-19,22H2,1-4H3/t24-,32+/m0/s1. The fourth-order valence-corrected chi connectivity index (χ4v) is 10.5. The average Bonchev–Trinajstić information content (AvgIpc) is 3.57. The first-order chi connectivity index (χ1) is 22.0. The predicted molar refractivity (Wildman–Crippen MR) is 183 cm³/mol. The van der Waals surface area contributed by atoms with Crippen LogP contribution in [0.2, 0.25) is 5.02 Å². The fourth-order valence-electron chi connectivity index (χ4n) is 7.78. The Labute approximate surface area is 282 Å². The minimum atomic E-state index is -3.58. The summed E-state index contributed by atoms with van der Waals surface area (Å²) in [4.78, 5) is 30.9. The second-order valence-electron chi connectivity index (χ2n) is 13.4. The number of aryl methyl sites for hydroxylation is 2. The van der Waals surface area contributed by atoms with Crippen LogP contribution in [0, 0.1) is 19.8 Å². The maximum absolute atomic E-state index is 13.4. The third-order valence-corrected chi connectivity index (χ3v) is 13.7. The second kappa shape index (κ2) is 13.6. The van der Waals surface area contributed by atoms with E-state index in [4.69, 9.17) is 11.6 Å². The lowest BCUT2D eigenvalue weighted by Gasteiger charge is -2.53. The monoisotopic (exact) mass is 684 g/mol. The molecule has 9 nitrogen and oxygen atoms in total. The van der Waals surface area contributed by atoms with Gasteiger partial charge in [0.05, 0.1) is 21.8 Å². The van der Waals surface area contributed by atoms with E-state index in [9.17, 15) is 13.2 Å². The highest BCUT2D eigenvalue weighted by Crippen LogP contribution is 2.42. The summed E-state index contributed by atoms with van der Waals surface area (Å²) in [5, 5.41) is 2.59. The van der Waals surface area contributed by atoms with Gasteiger partial charge in [-0.1, -0.05) is 23.7 Å². The van der Waals surface area contributed by atoms with Gasteiger partial charge >= 0.3 is 0 Å². The van der Waals surface area contributed by atoms with Crippen LogP contribution in [0.4, 0.5) is 0 Å². The van der Waals surface area contributed by atoms with Gasteiger partial charge in [0.15, 0.2) is 0 Å². The Hall–Kier alpha value is -2.41. The molecule has 2 atom stereocenters. The number of piperazine rings is 1. The summed E-state index contributed by atoms with van der Waals surface area (Å²) in [5.41, 5.74) is 2.15. The summed E-state index contributed by atoms with van der Waals surface area (Å²) in [6.45, 7) is 13.9.